The van der Waals surface area contributed by atoms with Gasteiger partial charge in [-0.05, 0) is 25.0 Å². The third-order valence-electron chi connectivity index (χ3n) is 3.36. The molecule has 0 radical (unpaired) electrons. The molecule has 1 heterocycles. The van der Waals surface area contributed by atoms with Crippen LogP contribution in [0.3, 0.4) is 0 Å². The van der Waals surface area contributed by atoms with Crippen LogP contribution < -0.4 is 10.1 Å². The van der Waals surface area contributed by atoms with Crippen molar-refractivity contribution in [2.75, 3.05) is 19.7 Å². The Labute approximate surface area is 118 Å². The zero-order chi connectivity index (χ0) is 14.4. The van der Waals surface area contributed by atoms with E-state index in [4.69, 9.17) is 4.74 Å². The van der Waals surface area contributed by atoms with Gasteiger partial charge < -0.3 is 15.0 Å². The lowest BCUT2D eigenvalue weighted by atomic mass is 10.1. The molecule has 5 heteroatoms. The molecule has 0 bridgehead atoms. The highest BCUT2D eigenvalue weighted by molar-refractivity contribution is 5.94. The Morgan fingerprint density at radius 3 is 2.75 bits per heavy atom. The van der Waals surface area contributed by atoms with E-state index >= 15 is 0 Å². The number of amides is 2. The molecule has 1 aliphatic rings. The Bertz CT molecular complexity index is 461. The smallest absolute Gasteiger partial charge is 0.243 e. The fourth-order valence-corrected chi connectivity index (χ4v) is 2.33. The van der Waals surface area contributed by atoms with Crippen LogP contribution in [0.2, 0.25) is 0 Å². The fourth-order valence-electron chi connectivity index (χ4n) is 2.33. The van der Waals surface area contributed by atoms with Gasteiger partial charge in [-0.1, -0.05) is 25.1 Å². The molecule has 0 saturated carbocycles. The Kier molecular flexibility index (Phi) is 4.98. The minimum atomic E-state index is -0.340. The molecule has 2 rings (SSSR count). The molecule has 20 heavy (non-hydrogen) atoms. The number of hydrogen-bond acceptors (Lipinski definition) is 3. The lowest BCUT2D eigenvalue weighted by Crippen LogP contribution is -2.58. The highest BCUT2D eigenvalue weighted by atomic mass is 16.5. The van der Waals surface area contributed by atoms with Gasteiger partial charge in [-0.15, -0.1) is 0 Å². The van der Waals surface area contributed by atoms with Crippen molar-refractivity contribution in [3.63, 3.8) is 0 Å². The maximum atomic E-state index is 11.8. The minimum absolute atomic E-state index is 0.0174. The molecule has 1 aromatic rings. The summed E-state index contributed by atoms with van der Waals surface area (Å²) in [6, 6.07) is 9.22. The van der Waals surface area contributed by atoms with Crippen molar-refractivity contribution >= 4 is 11.8 Å². The van der Waals surface area contributed by atoms with E-state index < -0.39 is 0 Å². The van der Waals surface area contributed by atoms with Crippen LogP contribution in [-0.2, 0) is 9.59 Å². The second-order valence-corrected chi connectivity index (χ2v) is 4.74. The first-order valence-corrected chi connectivity index (χ1v) is 6.97. The second kappa shape index (κ2) is 6.93. The number of nitrogens with one attached hydrogen (secondary N) is 1. The quantitative estimate of drug-likeness (QED) is 0.794. The maximum Gasteiger partial charge on any atom is 0.243 e. The number of carbonyl (C=O) groups excluding carboxylic acids is 2. The van der Waals surface area contributed by atoms with Gasteiger partial charge in [-0.3, -0.25) is 9.59 Å². The van der Waals surface area contributed by atoms with Crippen LogP contribution in [0.4, 0.5) is 0 Å². The van der Waals surface area contributed by atoms with Gasteiger partial charge in [-0.2, -0.15) is 0 Å². The monoisotopic (exact) mass is 276 g/mol. The van der Waals surface area contributed by atoms with Gasteiger partial charge in [0.15, 0.2) is 0 Å². The summed E-state index contributed by atoms with van der Waals surface area (Å²) in [6.45, 7) is 3.11. The standard InChI is InChI=1S/C15H20N2O3/c1-2-13-15(19)16-11-14(18)17(13)9-6-10-20-12-7-4-3-5-8-12/h3-5,7-8,13H,2,6,9-11H2,1H3,(H,16,19). The summed E-state index contributed by atoms with van der Waals surface area (Å²) in [4.78, 5) is 25.2. The number of carbonyl (C=O) groups is 2. The molecule has 1 unspecified atom stereocenters. The third-order valence-corrected chi connectivity index (χ3v) is 3.36. The summed E-state index contributed by atoms with van der Waals surface area (Å²) in [6.07, 6.45) is 1.35. The van der Waals surface area contributed by atoms with E-state index in [2.05, 4.69) is 5.32 Å². The first kappa shape index (κ1) is 14.4. The molecule has 108 valence electrons. The van der Waals surface area contributed by atoms with Crippen molar-refractivity contribution in [3.8, 4) is 5.75 Å². The van der Waals surface area contributed by atoms with Gasteiger partial charge in [0.25, 0.3) is 0 Å². The molecular weight excluding hydrogens is 256 g/mol. The number of hydrogen-bond donors (Lipinski definition) is 1. The maximum absolute atomic E-state index is 11.8. The molecule has 0 aromatic heterocycles. The number of benzene rings is 1. The van der Waals surface area contributed by atoms with Crippen LogP contribution in [0.15, 0.2) is 30.3 Å². The fraction of sp³-hybridized carbons (Fsp3) is 0.467. The van der Waals surface area contributed by atoms with E-state index in [1.165, 1.54) is 0 Å². The van der Waals surface area contributed by atoms with Crippen molar-refractivity contribution in [2.24, 2.45) is 0 Å². The third kappa shape index (κ3) is 3.50. The number of para-hydroxylation sites is 1. The molecule has 1 atom stereocenters. The van der Waals surface area contributed by atoms with Gasteiger partial charge in [-0.25, -0.2) is 0 Å². The van der Waals surface area contributed by atoms with Gasteiger partial charge in [0.1, 0.15) is 11.8 Å². The van der Waals surface area contributed by atoms with Crippen LogP contribution in [0.5, 0.6) is 5.75 Å². The molecule has 1 aliphatic heterocycles. The lowest BCUT2D eigenvalue weighted by Gasteiger charge is -2.34. The summed E-state index contributed by atoms with van der Waals surface area (Å²) < 4.78 is 5.59. The zero-order valence-corrected chi connectivity index (χ0v) is 11.7. The average Bonchev–Trinajstić information content (AvgIpc) is 2.48. The summed E-state index contributed by atoms with van der Waals surface area (Å²) in [5, 5.41) is 2.62. The van der Waals surface area contributed by atoms with E-state index in [9.17, 15) is 9.59 Å². The van der Waals surface area contributed by atoms with Gasteiger partial charge >= 0.3 is 0 Å². The van der Waals surface area contributed by atoms with Crippen LogP contribution in [0, 0.1) is 0 Å². The van der Waals surface area contributed by atoms with Crippen LogP contribution in [-0.4, -0.2) is 42.5 Å². The Balaban J connectivity index is 1.80. The van der Waals surface area contributed by atoms with E-state index in [-0.39, 0.29) is 24.4 Å². The molecule has 5 nitrogen and oxygen atoms in total. The molecule has 1 N–H and O–H groups in total. The zero-order valence-electron chi connectivity index (χ0n) is 11.7. The molecule has 1 saturated heterocycles. The number of piperazine rings is 1. The molecule has 1 fully saturated rings. The van der Waals surface area contributed by atoms with E-state index in [1.807, 2.05) is 37.3 Å². The van der Waals surface area contributed by atoms with Gasteiger partial charge in [0, 0.05) is 6.54 Å². The Hall–Kier alpha value is -2.04. The predicted octanol–water partition coefficient (Wildman–Crippen LogP) is 1.19. The molecule has 0 spiro atoms. The normalized spacial score (nSPS) is 18.9. The summed E-state index contributed by atoms with van der Waals surface area (Å²) in [7, 11) is 0. The highest BCUT2D eigenvalue weighted by Gasteiger charge is 2.32. The lowest BCUT2D eigenvalue weighted by molar-refractivity contribution is -0.145. The summed E-state index contributed by atoms with van der Waals surface area (Å²) >= 11 is 0. The minimum Gasteiger partial charge on any atom is -0.494 e. The summed E-state index contributed by atoms with van der Waals surface area (Å²) in [5.41, 5.74) is 0. The average molecular weight is 276 g/mol. The second-order valence-electron chi connectivity index (χ2n) is 4.74. The largest absolute Gasteiger partial charge is 0.494 e. The first-order chi connectivity index (χ1) is 9.72. The molecule has 0 aliphatic carbocycles. The van der Waals surface area contributed by atoms with Gasteiger partial charge in [0.2, 0.25) is 11.8 Å². The SMILES string of the molecule is CCC1C(=O)NCC(=O)N1CCCOc1ccccc1. The van der Waals surface area contributed by atoms with E-state index in [0.29, 0.717) is 26.0 Å². The molecule has 2 amide bonds. The van der Waals surface area contributed by atoms with Crippen molar-refractivity contribution in [1.29, 1.82) is 0 Å². The predicted molar refractivity (Wildman–Crippen MR) is 75.4 cm³/mol. The number of rotatable bonds is 6. The van der Waals surface area contributed by atoms with Crippen molar-refractivity contribution < 1.29 is 14.3 Å². The van der Waals surface area contributed by atoms with Crippen molar-refractivity contribution in [1.82, 2.24) is 10.2 Å². The van der Waals surface area contributed by atoms with Crippen molar-refractivity contribution in [2.45, 2.75) is 25.8 Å². The van der Waals surface area contributed by atoms with Gasteiger partial charge in [0.05, 0.1) is 13.2 Å². The Morgan fingerprint density at radius 1 is 1.30 bits per heavy atom. The summed E-state index contributed by atoms with van der Waals surface area (Å²) in [5.74, 6) is 0.745. The number of ether oxygens (including phenoxy) is 1. The highest BCUT2D eigenvalue weighted by Crippen LogP contribution is 2.12. The van der Waals surface area contributed by atoms with E-state index in [0.717, 1.165) is 5.75 Å². The first-order valence-electron chi connectivity index (χ1n) is 6.97. The van der Waals surface area contributed by atoms with E-state index in [1.54, 1.807) is 4.90 Å². The molecular formula is C15H20N2O3. The number of nitrogens with zero attached hydrogens (tertiary/aromatic N) is 1. The van der Waals surface area contributed by atoms with Crippen LogP contribution >= 0.6 is 0 Å². The topological polar surface area (TPSA) is 58.6 Å². The van der Waals surface area contributed by atoms with Crippen molar-refractivity contribution in [3.05, 3.63) is 30.3 Å². The Morgan fingerprint density at radius 2 is 2.05 bits per heavy atom. The van der Waals surface area contributed by atoms with Crippen LogP contribution in [0.25, 0.3) is 0 Å². The molecule has 1 aromatic carbocycles. The van der Waals surface area contributed by atoms with Crippen LogP contribution in [0.1, 0.15) is 19.8 Å².